The minimum atomic E-state index is 0.0747. The molecule has 0 heterocycles. The van der Waals surface area contributed by atoms with Crippen LogP contribution in [0.5, 0.6) is 0 Å². The SMILES string of the molecule is CC(C)CNC(=O)CN(C)c1ccc(CNC2CC2)cc1. The van der Waals surface area contributed by atoms with Crippen molar-refractivity contribution in [3.63, 3.8) is 0 Å². The topological polar surface area (TPSA) is 44.4 Å². The van der Waals surface area contributed by atoms with E-state index in [1.54, 1.807) is 0 Å². The predicted octanol–water partition coefficient (Wildman–Crippen LogP) is 2.15. The molecule has 4 heteroatoms. The number of benzene rings is 1. The van der Waals surface area contributed by atoms with Gasteiger partial charge in [-0.05, 0) is 36.5 Å². The molecule has 0 unspecified atom stereocenters. The number of hydrogen-bond donors (Lipinski definition) is 2. The van der Waals surface area contributed by atoms with E-state index in [2.05, 4.69) is 48.7 Å². The van der Waals surface area contributed by atoms with E-state index in [1.165, 1.54) is 18.4 Å². The molecule has 1 aliphatic carbocycles. The Morgan fingerprint density at radius 1 is 1.29 bits per heavy atom. The van der Waals surface area contributed by atoms with Gasteiger partial charge in [0.1, 0.15) is 0 Å². The molecule has 4 nitrogen and oxygen atoms in total. The standard InChI is InChI=1S/C17H27N3O/c1-13(2)10-19-17(21)12-20(3)16-8-4-14(5-9-16)11-18-15-6-7-15/h4-5,8-9,13,15,18H,6-7,10-12H2,1-3H3,(H,19,21). The molecule has 116 valence electrons. The van der Waals surface area contributed by atoms with Crippen molar-refractivity contribution in [2.75, 3.05) is 25.0 Å². The van der Waals surface area contributed by atoms with E-state index in [9.17, 15) is 4.79 Å². The zero-order valence-corrected chi connectivity index (χ0v) is 13.4. The maximum absolute atomic E-state index is 11.8. The highest BCUT2D eigenvalue weighted by Gasteiger charge is 2.19. The van der Waals surface area contributed by atoms with Crippen molar-refractivity contribution >= 4 is 11.6 Å². The molecule has 1 aromatic rings. The summed E-state index contributed by atoms with van der Waals surface area (Å²) < 4.78 is 0. The van der Waals surface area contributed by atoms with Crippen LogP contribution >= 0.6 is 0 Å². The Bertz CT molecular complexity index is 452. The summed E-state index contributed by atoms with van der Waals surface area (Å²) in [4.78, 5) is 13.8. The Morgan fingerprint density at radius 3 is 2.52 bits per heavy atom. The molecule has 2 N–H and O–H groups in total. The summed E-state index contributed by atoms with van der Waals surface area (Å²) in [5.74, 6) is 0.559. The van der Waals surface area contributed by atoms with Crippen LogP contribution in [-0.4, -0.2) is 32.1 Å². The molecular weight excluding hydrogens is 262 g/mol. The number of carbonyl (C=O) groups excluding carboxylic acids is 1. The Morgan fingerprint density at radius 2 is 1.95 bits per heavy atom. The van der Waals surface area contributed by atoms with Crippen LogP contribution in [0.4, 0.5) is 5.69 Å². The zero-order valence-electron chi connectivity index (χ0n) is 13.4. The van der Waals surface area contributed by atoms with E-state index in [0.717, 1.165) is 24.8 Å². The van der Waals surface area contributed by atoms with Crippen molar-refractivity contribution in [3.05, 3.63) is 29.8 Å². The second kappa shape index (κ2) is 7.46. The van der Waals surface area contributed by atoms with Crippen molar-refractivity contribution in [2.24, 2.45) is 5.92 Å². The number of carbonyl (C=O) groups is 1. The molecule has 0 atom stereocenters. The van der Waals surface area contributed by atoms with E-state index in [1.807, 2.05) is 11.9 Å². The number of amides is 1. The highest BCUT2D eigenvalue weighted by atomic mass is 16.2. The molecule has 1 saturated carbocycles. The number of likely N-dealkylation sites (N-methyl/N-ethyl adjacent to an activating group) is 1. The molecule has 1 fully saturated rings. The summed E-state index contributed by atoms with van der Waals surface area (Å²) in [7, 11) is 1.95. The summed E-state index contributed by atoms with van der Waals surface area (Å²) in [6, 6.07) is 9.16. The van der Waals surface area contributed by atoms with Crippen LogP contribution in [0.15, 0.2) is 24.3 Å². The third kappa shape index (κ3) is 5.76. The lowest BCUT2D eigenvalue weighted by Gasteiger charge is -2.19. The molecule has 0 aromatic heterocycles. The van der Waals surface area contributed by atoms with Gasteiger partial charge in [-0.15, -0.1) is 0 Å². The molecule has 1 aliphatic rings. The lowest BCUT2D eigenvalue weighted by Crippen LogP contribution is -2.36. The maximum Gasteiger partial charge on any atom is 0.239 e. The summed E-state index contributed by atoms with van der Waals surface area (Å²) >= 11 is 0. The molecule has 1 aromatic carbocycles. The van der Waals surface area contributed by atoms with Gasteiger partial charge < -0.3 is 15.5 Å². The van der Waals surface area contributed by atoms with Crippen molar-refractivity contribution < 1.29 is 4.79 Å². The number of anilines is 1. The monoisotopic (exact) mass is 289 g/mol. The molecule has 0 radical (unpaired) electrons. The predicted molar refractivity (Wildman–Crippen MR) is 87.4 cm³/mol. The van der Waals surface area contributed by atoms with Crippen LogP contribution in [0, 0.1) is 5.92 Å². The van der Waals surface area contributed by atoms with Gasteiger partial charge in [-0.25, -0.2) is 0 Å². The highest BCUT2D eigenvalue weighted by Crippen LogP contribution is 2.20. The first kappa shape index (κ1) is 15.8. The van der Waals surface area contributed by atoms with Crippen molar-refractivity contribution in [2.45, 2.75) is 39.3 Å². The first-order valence-corrected chi connectivity index (χ1v) is 7.84. The van der Waals surface area contributed by atoms with Crippen LogP contribution in [0.2, 0.25) is 0 Å². The van der Waals surface area contributed by atoms with Crippen LogP contribution in [0.25, 0.3) is 0 Å². The fraction of sp³-hybridized carbons (Fsp3) is 0.588. The van der Waals surface area contributed by atoms with Crippen molar-refractivity contribution in [3.8, 4) is 0 Å². The van der Waals surface area contributed by atoms with E-state index in [0.29, 0.717) is 12.5 Å². The van der Waals surface area contributed by atoms with E-state index in [4.69, 9.17) is 0 Å². The van der Waals surface area contributed by atoms with Crippen molar-refractivity contribution in [1.82, 2.24) is 10.6 Å². The summed E-state index contributed by atoms with van der Waals surface area (Å²) in [6.07, 6.45) is 2.62. The third-order valence-electron chi connectivity index (χ3n) is 3.64. The summed E-state index contributed by atoms with van der Waals surface area (Å²) in [6.45, 7) is 6.26. The van der Waals surface area contributed by atoms with Gasteiger partial charge >= 0.3 is 0 Å². The lowest BCUT2D eigenvalue weighted by molar-refractivity contribution is -0.119. The van der Waals surface area contributed by atoms with Gasteiger partial charge in [0.25, 0.3) is 0 Å². The normalized spacial score (nSPS) is 14.3. The van der Waals surface area contributed by atoms with E-state index < -0.39 is 0 Å². The second-order valence-electron chi connectivity index (χ2n) is 6.38. The Hall–Kier alpha value is -1.55. The molecule has 21 heavy (non-hydrogen) atoms. The highest BCUT2D eigenvalue weighted by molar-refractivity contribution is 5.81. The molecule has 1 amide bonds. The molecule has 2 rings (SSSR count). The van der Waals surface area contributed by atoms with E-state index in [-0.39, 0.29) is 5.91 Å². The number of rotatable bonds is 8. The fourth-order valence-electron chi connectivity index (χ4n) is 2.10. The van der Waals surface area contributed by atoms with Gasteiger partial charge in [-0.3, -0.25) is 4.79 Å². The molecule has 0 saturated heterocycles. The summed E-state index contributed by atoms with van der Waals surface area (Å²) in [5, 5.41) is 6.45. The average molecular weight is 289 g/mol. The molecule has 0 aliphatic heterocycles. The average Bonchev–Trinajstić information content (AvgIpc) is 3.27. The second-order valence-corrected chi connectivity index (χ2v) is 6.38. The third-order valence-corrected chi connectivity index (χ3v) is 3.64. The number of nitrogens with one attached hydrogen (secondary N) is 2. The maximum atomic E-state index is 11.8. The van der Waals surface area contributed by atoms with Crippen molar-refractivity contribution in [1.29, 1.82) is 0 Å². The van der Waals surface area contributed by atoms with Gasteiger partial charge in [0.15, 0.2) is 0 Å². The van der Waals surface area contributed by atoms with Crippen LogP contribution < -0.4 is 15.5 Å². The van der Waals surface area contributed by atoms with Gasteiger partial charge in [-0.1, -0.05) is 26.0 Å². The van der Waals surface area contributed by atoms with Gasteiger partial charge in [0, 0.05) is 31.9 Å². The molecule has 0 spiro atoms. The van der Waals surface area contributed by atoms with Crippen LogP contribution in [0.3, 0.4) is 0 Å². The first-order chi connectivity index (χ1) is 10.0. The fourth-order valence-corrected chi connectivity index (χ4v) is 2.10. The van der Waals surface area contributed by atoms with E-state index >= 15 is 0 Å². The van der Waals surface area contributed by atoms with Gasteiger partial charge in [-0.2, -0.15) is 0 Å². The zero-order chi connectivity index (χ0) is 15.2. The van der Waals surface area contributed by atoms with Crippen LogP contribution in [-0.2, 0) is 11.3 Å². The number of nitrogens with zero attached hydrogens (tertiary/aromatic N) is 1. The first-order valence-electron chi connectivity index (χ1n) is 7.84. The largest absolute Gasteiger partial charge is 0.365 e. The smallest absolute Gasteiger partial charge is 0.239 e. The molecular formula is C17H27N3O. The number of hydrogen-bond acceptors (Lipinski definition) is 3. The van der Waals surface area contributed by atoms with Gasteiger partial charge in [0.2, 0.25) is 5.91 Å². The van der Waals surface area contributed by atoms with Gasteiger partial charge in [0.05, 0.1) is 6.54 Å². The Kier molecular flexibility index (Phi) is 5.62. The minimum absolute atomic E-state index is 0.0747. The Labute approximate surface area is 127 Å². The lowest BCUT2D eigenvalue weighted by atomic mass is 10.2. The molecule has 0 bridgehead atoms. The minimum Gasteiger partial charge on any atom is -0.365 e. The van der Waals surface area contributed by atoms with Crippen LogP contribution in [0.1, 0.15) is 32.3 Å². The Balaban J connectivity index is 1.78. The quantitative estimate of drug-likeness (QED) is 0.771. The summed E-state index contributed by atoms with van der Waals surface area (Å²) in [5.41, 5.74) is 2.37.